The van der Waals surface area contributed by atoms with E-state index in [1.165, 1.54) is 24.1 Å². The molecule has 0 saturated carbocycles. The maximum Gasteiger partial charge on any atom is 0.254 e. The third-order valence-corrected chi connectivity index (χ3v) is 4.83. The summed E-state index contributed by atoms with van der Waals surface area (Å²) in [5.74, 6) is 0.164. The van der Waals surface area contributed by atoms with Crippen molar-refractivity contribution < 1.29 is 4.79 Å². The van der Waals surface area contributed by atoms with Crippen LogP contribution in [0.15, 0.2) is 42.6 Å². The van der Waals surface area contributed by atoms with E-state index >= 15 is 0 Å². The summed E-state index contributed by atoms with van der Waals surface area (Å²) in [6, 6.07) is 12.1. The van der Waals surface area contributed by atoms with Crippen LogP contribution in [-0.2, 0) is 13.0 Å². The van der Waals surface area contributed by atoms with Gasteiger partial charge in [0.15, 0.2) is 0 Å². The van der Waals surface area contributed by atoms with E-state index in [-0.39, 0.29) is 5.91 Å². The lowest BCUT2D eigenvalue weighted by atomic mass is 10.1. The molecule has 3 heterocycles. The van der Waals surface area contributed by atoms with Crippen LogP contribution in [0.3, 0.4) is 0 Å². The summed E-state index contributed by atoms with van der Waals surface area (Å²) in [6.45, 7) is 3.68. The van der Waals surface area contributed by atoms with Crippen molar-refractivity contribution in [2.24, 2.45) is 0 Å². The van der Waals surface area contributed by atoms with E-state index in [9.17, 15) is 4.79 Å². The molecule has 4 rings (SSSR count). The van der Waals surface area contributed by atoms with Gasteiger partial charge in [-0.3, -0.25) is 9.78 Å². The molecular weight excluding hydrogens is 286 g/mol. The molecule has 1 amide bonds. The van der Waals surface area contributed by atoms with Crippen molar-refractivity contribution in [3.05, 3.63) is 59.4 Å². The van der Waals surface area contributed by atoms with E-state index in [0.29, 0.717) is 0 Å². The van der Waals surface area contributed by atoms with Gasteiger partial charge in [-0.1, -0.05) is 12.1 Å². The number of nitrogens with zero attached hydrogens (tertiary/aromatic N) is 3. The van der Waals surface area contributed by atoms with Crippen LogP contribution in [0, 0.1) is 0 Å². The highest BCUT2D eigenvalue weighted by atomic mass is 16.2. The highest BCUT2D eigenvalue weighted by molar-refractivity contribution is 6.00. The summed E-state index contributed by atoms with van der Waals surface area (Å²) in [5.41, 5.74) is 4.39. The van der Waals surface area contributed by atoms with Crippen LogP contribution in [0.1, 0.15) is 34.5 Å². The van der Waals surface area contributed by atoms with E-state index in [1.807, 2.05) is 35.2 Å². The SMILES string of the molecule is O=C1c2cccc(N3CCCC3)c2CN1CCc1ccccn1. The highest BCUT2D eigenvalue weighted by Crippen LogP contribution is 2.33. The number of carbonyl (C=O) groups excluding carboxylic acids is 1. The van der Waals surface area contributed by atoms with Gasteiger partial charge in [0.1, 0.15) is 0 Å². The number of anilines is 1. The van der Waals surface area contributed by atoms with Gasteiger partial charge in [0.2, 0.25) is 0 Å². The lowest BCUT2D eigenvalue weighted by Crippen LogP contribution is -2.26. The smallest absolute Gasteiger partial charge is 0.254 e. The number of pyridine rings is 1. The molecule has 0 atom stereocenters. The Labute approximate surface area is 136 Å². The highest BCUT2D eigenvalue weighted by Gasteiger charge is 2.30. The Morgan fingerprint density at radius 1 is 1.04 bits per heavy atom. The first-order valence-corrected chi connectivity index (χ1v) is 8.39. The Bertz CT molecular complexity index is 708. The zero-order chi connectivity index (χ0) is 15.6. The minimum Gasteiger partial charge on any atom is -0.371 e. The number of amides is 1. The predicted octanol–water partition coefficient (Wildman–Crippen LogP) is 2.88. The van der Waals surface area contributed by atoms with Crippen LogP contribution in [0.25, 0.3) is 0 Å². The van der Waals surface area contributed by atoms with Gasteiger partial charge >= 0.3 is 0 Å². The summed E-state index contributed by atoms with van der Waals surface area (Å²) >= 11 is 0. The lowest BCUT2D eigenvalue weighted by molar-refractivity contribution is 0.0780. The van der Waals surface area contributed by atoms with Crippen molar-refractivity contribution in [2.45, 2.75) is 25.8 Å². The molecule has 4 heteroatoms. The summed E-state index contributed by atoms with van der Waals surface area (Å²) in [4.78, 5) is 21.4. The minimum atomic E-state index is 0.164. The van der Waals surface area contributed by atoms with Crippen molar-refractivity contribution in [3.8, 4) is 0 Å². The van der Waals surface area contributed by atoms with Gasteiger partial charge < -0.3 is 9.80 Å². The average molecular weight is 307 g/mol. The van der Waals surface area contributed by atoms with Gasteiger partial charge in [-0.05, 0) is 37.1 Å². The van der Waals surface area contributed by atoms with E-state index in [0.717, 1.165) is 43.9 Å². The minimum absolute atomic E-state index is 0.164. The number of hydrogen-bond donors (Lipinski definition) is 0. The quantitative estimate of drug-likeness (QED) is 0.871. The maximum absolute atomic E-state index is 12.7. The predicted molar refractivity (Wildman–Crippen MR) is 90.6 cm³/mol. The largest absolute Gasteiger partial charge is 0.371 e. The molecular formula is C19H21N3O. The van der Waals surface area contributed by atoms with Gasteiger partial charge in [0, 0.05) is 61.3 Å². The molecule has 1 aromatic heterocycles. The Balaban J connectivity index is 1.52. The second-order valence-corrected chi connectivity index (χ2v) is 6.30. The molecule has 23 heavy (non-hydrogen) atoms. The Morgan fingerprint density at radius 2 is 1.91 bits per heavy atom. The molecule has 1 fully saturated rings. The first-order chi connectivity index (χ1) is 11.3. The monoisotopic (exact) mass is 307 g/mol. The second-order valence-electron chi connectivity index (χ2n) is 6.30. The van der Waals surface area contributed by atoms with Crippen LogP contribution < -0.4 is 4.90 Å². The Hall–Kier alpha value is -2.36. The van der Waals surface area contributed by atoms with Crippen LogP contribution >= 0.6 is 0 Å². The van der Waals surface area contributed by atoms with E-state index in [2.05, 4.69) is 16.0 Å². The fourth-order valence-corrected chi connectivity index (χ4v) is 3.60. The zero-order valence-electron chi connectivity index (χ0n) is 13.2. The molecule has 0 N–H and O–H groups in total. The summed E-state index contributed by atoms with van der Waals surface area (Å²) in [6.07, 6.45) is 5.11. The number of hydrogen-bond acceptors (Lipinski definition) is 3. The number of carbonyl (C=O) groups is 1. The molecule has 1 saturated heterocycles. The summed E-state index contributed by atoms with van der Waals surface area (Å²) < 4.78 is 0. The van der Waals surface area contributed by atoms with Crippen molar-refractivity contribution >= 4 is 11.6 Å². The molecule has 0 unspecified atom stereocenters. The number of benzene rings is 1. The van der Waals surface area contributed by atoms with Gasteiger partial charge in [-0.2, -0.15) is 0 Å². The van der Waals surface area contributed by atoms with Crippen molar-refractivity contribution in [1.29, 1.82) is 0 Å². The molecule has 2 aromatic rings. The lowest BCUT2D eigenvalue weighted by Gasteiger charge is -2.21. The van der Waals surface area contributed by atoms with Gasteiger partial charge in [-0.15, -0.1) is 0 Å². The average Bonchev–Trinajstić information content (AvgIpc) is 3.23. The molecule has 0 radical (unpaired) electrons. The van der Waals surface area contributed by atoms with Gasteiger partial charge in [0.25, 0.3) is 5.91 Å². The van der Waals surface area contributed by atoms with Crippen LogP contribution in [0.4, 0.5) is 5.69 Å². The molecule has 4 nitrogen and oxygen atoms in total. The first kappa shape index (κ1) is 14.2. The van der Waals surface area contributed by atoms with Gasteiger partial charge in [0.05, 0.1) is 0 Å². The molecule has 0 spiro atoms. The number of fused-ring (bicyclic) bond motifs is 1. The Morgan fingerprint density at radius 3 is 2.70 bits per heavy atom. The van der Waals surface area contributed by atoms with Crippen LogP contribution in [-0.4, -0.2) is 35.4 Å². The topological polar surface area (TPSA) is 36.4 Å². The Kier molecular flexibility index (Phi) is 3.74. The molecule has 2 aliphatic heterocycles. The molecule has 0 bridgehead atoms. The fraction of sp³-hybridized carbons (Fsp3) is 0.368. The summed E-state index contributed by atoms with van der Waals surface area (Å²) in [7, 11) is 0. The normalized spacial score (nSPS) is 17.0. The number of aromatic nitrogens is 1. The van der Waals surface area contributed by atoms with Crippen LogP contribution in [0.2, 0.25) is 0 Å². The fourth-order valence-electron chi connectivity index (χ4n) is 3.60. The number of rotatable bonds is 4. The third-order valence-electron chi connectivity index (χ3n) is 4.83. The summed E-state index contributed by atoms with van der Waals surface area (Å²) in [5, 5.41) is 0. The van der Waals surface area contributed by atoms with E-state index in [4.69, 9.17) is 0 Å². The van der Waals surface area contributed by atoms with E-state index < -0.39 is 0 Å². The van der Waals surface area contributed by atoms with Gasteiger partial charge in [-0.25, -0.2) is 0 Å². The molecule has 0 aliphatic carbocycles. The molecule has 1 aromatic carbocycles. The van der Waals surface area contributed by atoms with Crippen molar-refractivity contribution in [3.63, 3.8) is 0 Å². The zero-order valence-corrected chi connectivity index (χ0v) is 13.2. The first-order valence-electron chi connectivity index (χ1n) is 8.39. The van der Waals surface area contributed by atoms with Crippen LogP contribution in [0.5, 0.6) is 0 Å². The maximum atomic E-state index is 12.7. The second kappa shape index (κ2) is 6.03. The molecule has 2 aliphatic rings. The van der Waals surface area contributed by atoms with Crippen molar-refractivity contribution in [2.75, 3.05) is 24.5 Å². The van der Waals surface area contributed by atoms with Crippen molar-refractivity contribution in [1.82, 2.24) is 9.88 Å². The standard InChI is InChI=1S/C19H21N3O/c23-19-16-7-5-8-18(21-11-3-4-12-21)17(16)14-22(19)13-9-15-6-1-2-10-20-15/h1-2,5-8,10H,3-4,9,11-14H2. The van der Waals surface area contributed by atoms with E-state index in [1.54, 1.807) is 6.20 Å². The molecule has 118 valence electrons. The third kappa shape index (κ3) is 2.69.